The summed E-state index contributed by atoms with van der Waals surface area (Å²) in [4.78, 5) is 11.0. The standard InChI is InChI=1S/C12H13N3O3S/c16-7-10-2-1-3-11-13-14-12(15(10)11)6-9-4-5-19(17,18)8-9/h1-3,7,9H,4-6,8H2. The highest BCUT2D eigenvalue weighted by Gasteiger charge is 2.29. The van der Waals surface area contributed by atoms with E-state index in [1.54, 1.807) is 22.6 Å². The van der Waals surface area contributed by atoms with E-state index in [4.69, 9.17) is 0 Å². The highest BCUT2D eigenvalue weighted by Crippen LogP contribution is 2.22. The number of aromatic nitrogens is 3. The summed E-state index contributed by atoms with van der Waals surface area (Å²) in [5, 5.41) is 8.08. The van der Waals surface area contributed by atoms with Crippen molar-refractivity contribution in [3.63, 3.8) is 0 Å². The van der Waals surface area contributed by atoms with Crippen LogP contribution in [0, 0.1) is 5.92 Å². The maximum absolute atomic E-state index is 11.5. The molecule has 2 aromatic rings. The van der Waals surface area contributed by atoms with Gasteiger partial charge in [-0.1, -0.05) is 6.07 Å². The number of hydrogen-bond acceptors (Lipinski definition) is 5. The molecular weight excluding hydrogens is 266 g/mol. The molecule has 0 amide bonds. The fourth-order valence-corrected chi connectivity index (χ4v) is 4.40. The molecule has 0 radical (unpaired) electrons. The molecule has 2 aromatic heterocycles. The van der Waals surface area contributed by atoms with Crippen molar-refractivity contribution in [1.29, 1.82) is 0 Å². The van der Waals surface area contributed by atoms with Gasteiger partial charge in [-0.15, -0.1) is 10.2 Å². The third kappa shape index (κ3) is 2.25. The molecule has 0 aliphatic carbocycles. The molecule has 100 valence electrons. The third-order valence-electron chi connectivity index (χ3n) is 3.44. The van der Waals surface area contributed by atoms with Crippen molar-refractivity contribution in [1.82, 2.24) is 14.6 Å². The Hall–Kier alpha value is -1.76. The second-order valence-electron chi connectivity index (χ2n) is 4.85. The number of fused-ring (bicyclic) bond motifs is 1. The Labute approximate surface area is 110 Å². The molecule has 7 heteroatoms. The first kappa shape index (κ1) is 12.3. The van der Waals surface area contributed by atoms with Gasteiger partial charge in [0.05, 0.1) is 17.2 Å². The van der Waals surface area contributed by atoms with Gasteiger partial charge in [0.15, 0.2) is 21.8 Å². The lowest BCUT2D eigenvalue weighted by molar-refractivity contribution is 0.111. The second-order valence-corrected chi connectivity index (χ2v) is 7.08. The zero-order valence-electron chi connectivity index (χ0n) is 10.2. The maximum atomic E-state index is 11.5. The van der Waals surface area contributed by atoms with Gasteiger partial charge < -0.3 is 0 Å². The van der Waals surface area contributed by atoms with E-state index in [-0.39, 0.29) is 17.4 Å². The fourth-order valence-electron chi connectivity index (χ4n) is 2.54. The van der Waals surface area contributed by atoms with Crippen molar-refractivity contribution in [3.8, 4) is 0 Å². The lowest BCUT2D eigenvalue weighted by atomic mass is 10.1. The highest BCUT2D eigenvalue weighted by atomic mass is 32.2. The molecule has 0 N–H and O–H groups in total. The van der Waals surface area contributed by atoms with Crippen molar-refractivity contribution >= 4 is 21.8 Å². The van der Waals surface area contributed by atoms with E-state index in [0.29, 0.717) is 30.0 Å². The lowest BCUT2D eigenvalue weighted by Crippen LogP contribution is -2.11. The number of sulfone groups is 1. The Morgan fingerprint density at radius 1 is 1.37 bits per heavy atom. The zero-order chi connectivity index (χ0) is 13.5. The average molecular weight is 279 g/mol. The van der Waals surface area contributed by atoms with Crippen LogP contribution >= 0.6 is 0 Å². The maximum Gasteiger partial charge on any atom is 0.166 e. The Kier molecular flexibility index (Phi) is 2.85. The van der Waals surface area contributed by atoms with Crippen LogP contribution in [0.4, 0.5) is 0 Å². The van der Waals surface area contributed by atoms with Crippen molar-refractivity contribution in [2.75, 3.05) is 11.5 Å². The first-order chi connectivity index (χ1) is 9.09. The Balaban J connectivity index is 1.96. The smallest absolute Gasteiger partial charge is 0.166 e. The minimum Gasteiger partial charge on any atom is -0.296 e. The van der Waals surface area contributed by atoms with Crippen LogP contribution in [0.25, 0.3) is 5.65 Å². The van der Waals surface area contributed by atoms with E-state index >= 15 is 0 Å². The van der Waals surface area contributed by atoms with E-state index in [9.17, 15) is 13.2 Å². The molecule has 1 saturated heterocycles. The monoisotopic (exact) mass is 279 g/mol. The SMILES string of the molecule is O=Cc1cccc2nnc(CC3CCS(=O)(=O)C3)n12. The molecular formula is C12H13N3O3S. The predicted molar refractivity (Wildman–Crippen MR) is 68.8 cm³/mol. The summed E-state index contributed by atoms with van der Waals surface area (Å²) < 4.78 is 24.6. The van der Waals surface area contributed by atoms with Crippen molar-refractivity contribution < 1.29 is 13.2 Å². The quantitative estimate of drug-likeness (QED) is 0.765. The van der Waals surface area contributed by atoms with E-state index in [1.165, 1.54) is 0 Å². The van der Waals surface area contributed by atoms with E-state index in [1.807, 2.05) is 0 Å². The van der Waals surface area contributed by atoms with Gasteiger partial charge in [-0.2, -0.15) is 0 Å². The fraction of sp³-hybridized carbons (Fsp3) is 0.417. The van der Waals surface area contributed by atoms with E-state index in [0.717, 1.165) is 6.29 Å². The summed E-state index contributed by atoms with van der Waals surface area (Å²) in [6.45, 7) is 0. The number of pyridine rings is 1. The third-order valence-corrected chi connectivity index (χ3v) is 5.28. The molecule has 6 nitrogen and oxygen atoms in total. The number of hydrogen-bond donors (Lipinski definition) is 0. The summed E-state index contributed by atoms with van der Waals surface area (Å²) in [5.41, 5.74) is 1.10. The summed E-state index contributed by atoms with van der Waals surface area (Å²) >= 11 is 0. The molecule has 1 atom stereocenters. The van der Waals surface area contributed by atoms with Crippen LogP contribution in [0.15, 0.2) is 18.2 Å². The first-order valence-electron chi connectivity index (χ1n) is 6.08. The van der Waals surface area contributed by atoms with Crippen LogP contribution in [0.2, 0.25) is 0 Å². The Morgan fingerprint density at radius 2 is 2.21 bits per heavy atom. The van der Waals surface area contributed by atoms with Crippen LogP contribution in [-0.4, -0.2) is 40.8 Å². The van der Waals surface area contributed by atoms with Gasteiger partial charge in [0.1, 0.15) is 5.82 Å². The molecule has 0 spiro atoms. The molecule has 0 aromatic carbocycles. The van der Waals surface area contributed by atoms with Gasteiger partial charge in [0.2, 0.25) is 0 Å². The number of carbonyl (C=O) groups excluding carboxylic acids is 1. The Morgan fingerprint density at radius 3 is 2.89 bits per heavy atom. The number of nitrogens with zero attached hydrogens (tertiary/aromatic N) is 3. The number of carbonyl (C=O) groups is 1. The van der Waals surface area contributed by atoms with Crippen LogP contribution in [0.1, 0.15) is 22.7 Å². The van der Waals surface area contributed by atoms with E-state index in [2.05, 4.69) is 10.2 Å². The molecule has 3 rings (SSSR count). The summed E-state index contributed by atoms with van der Waals surface area (Å²) in [6, 6.07) is 5.21. The minimum atomic E-state index is -2.89. The van der Waals surface area contributed by atoms with Gasteiger partial charge in [0, 0.05) is 6.42 Å². The van der Waals surface area contributed by atoms with Crippen LogP contribution in [-0.2, 0) is 16.3 Å². The molecule has 1 aliphatic rings. The minimum absolute atomic E-state index is 0.0668. The van der Waals surface area contributed by atoms with Gasteiger partial charge in [-0.05, 0) is 24.5 Å². The number of rotatable bonds is 3. The largest absolute Gasteiger partial charge is 0.296 e. The van der Waals surface area contributed by atoms with Crippen molar-refractivity contribution in [2.45, 2.75) is 12.8 Å². The molecule has 0 bridgehead atoms. The topological polar surface area (TPSA) is 81.4 Å². The Bertz CT molecular complexity index is 736. The van der Waals surface area contributed by atoms with Gasteiger partial charge in [0.25, 0.3) is 0 Å². The number of aldehydes is 1. The highest BCUT2D eigenvalue weighted by molar-refractivity contribution is 7.91. The van der Waals surface area contributed by atoms with Crippen LogP contribution in [0.3, 0.4) is 0 Å². The predicted octanol–water partition coefficient (Wildman–Crippen LogP) is 0.519. The molecule has 1 unspecified atom stereocenters. The molecule has 1 aliphatic heterocycles. The van der Waals surface area contributed by atoms with Crippen molar-refractivity contribution in [2.24, 2.45) is 5.92 Å². The van der Waals surface area contributed by atoms with E-state index < -0.39 is 9.84 Å². The van der Waals surface area contributed by atoms with Crippen LogP contribution < -0.4 is 0 Å². The lowest BCUT2D eigenvalue weighted by Gasteiger charge is -2.06. The average Bonchev–Trinajstić information content (AvgIpc) is 2.93. The van der Waals surface area contributed by atoms with Gasteiger partial charge >= 0.3 is 0 Å². The van der Waals surface area contributed by atoms with Gasteiger partial charge in [-0.25, -0.2) is 8.42 Å². The van der Waals surface area contributed by atoms with Crippen molar-refractivity contribution in [3.05, 3.63) is 29.7 Å². The normalized spacial score (nSPS) is 21.8. The second kappa shape index (κ2) is 4.41. The summed E-state index contributed by atoms with van der Waals surface area (Å²) in [6.07, 6.45) is 1.94. The molecule has 0 saturated carbocycles. The molecule has 1 fully saturated rings. The zero-order valence-corrected chi connectivity index (χ0v) is 11.0. The summed E-state index contributed by atoms with van der Waals surface area (Å²) in [5.74, 6) is 1.16. The summed E-state index contributed by atoms with van der Waals surface area (Å²) in [7, 11) is -2.89. The van der Waals surface area contributed by atoms with Crippen LogP contribution in [0.5, 0.6) is 0 Å². The molecule has 19 heavy (non-hydrogen) atoms. The van der Waals surface area contributed by atoms with Gasteiger partial charge in [-0.3, -0.25) is 9.20 Å². The first-order valence-corrected chi connectivity index (χ1v) is 7.90. The molecule has 3 heterocycles.